The standard InChI is InChI=1S/C19H32N4O3S/c1-23(2)18(24)13-22-19(21-9-6-17-5-3-12-27-17)20-8-4-10-25-14-16-7-11-26-15-16/h3,5,12,16H,4,6-11,13-15H2,1-2H3,(H2,20,21,22). The Hall–Kier alpha value is -1.64. The van der Waals surface area contributed by atoms with E-state index in [1.54, 1.807) is 30.3 Å². The molecule has 8 heteroatoms. The van der Waals surface area contributed by atoms with Gasteiger partial charge in [0.1, 0.15) is 6.54 Å². The Morgan fingerprint density at radius 3 is 2.96 bits per heavy atom. The van der Waals surface area contributed by atoms with E-state index in [0.717, 1.165) is 52.2 Å². The fraction of sp³-hybridized carbons (Fsp3) is 0.684. The van der Waals surface area contributed by atoms with E-state index in [2.05, 4.69) is 33.1 Å². The van der Waals surface area contributed by atoms with Crippen LogP contribution in [0.25, 0.3) is 0 Å². The molecule has 0 aliphatic carbocycles. The van der Waals surface area contributed by atoms with Crippen LogP contribution in [0.15, 0.2) is 22.5 Å². The smallest absolute Gasteiger partial charge is 0.243 e. The van der Waals surface area contributed by atoms with Crippen molar-refractivity contribution in [3.05, 3.63) is 22.4 Å². The maximum atomic E-state index is 11.8. The van der Waals surface area contributed by atoms with Crippen LogP contribution in [0.2, 0.25) is 0 Å². The molecule has 1 amide bonds. The molecule has 2 N–H and O–H groups in total. The first-order chi connectivity index (χ1) is 13.1. The van der Waals surface area contributed by atoms with Gasteiger partial charge in [0.25, 0.3) is 0 Å². The van der Waals surface area contributed by atoms with Crippen molar-refractivity contribution in [2.75, 3.05) is 60.2 Å². The fourth-order valence-corrected chi connectivity index (χ4v) is 3.28. The average molecular weight is 397 g/mol. The molecule has 2 heterocycles. The minimum Gasteiger partial charge on any atom is -0.381 e. The third-order valence-corrected chi connectivity index (χ3v) is 5.19. The maximum Gasteiger partial charge on any atom is 0.243 e. The second-order valence-electron chi connectivity index (χ2n) is 6.79. The van der Waals surface area contributed by atoms with Crippen molar-refractivity contribution >= 4 is 23.2 Å². The van der Waals surface area contributed by atoms with Gasteiger partial charge in [-0.1, -0.05) is 6.07 Å². The van der Waals surface area contributed by atoms with E-state index in [1.165, 1.54) is 4.88 Å². The molecule has 27 heavy (non-hydrogen) atoms. The number of carbonyl (C=O) groups is 1. The first-order valence-corrected chi connectivity index (χ1v) is 10.4. The van der Waals surface area contributed by atoms with E-state index in [9.17, 15) is 4.79 Å². The SMILES string of the molecule is CN(C)C(=O)CN=C(NCCCOCC1CCOC1)NCCc1cccs1. The number of nitrogens with one attached hydrogen (secondary N) is 2. The van der Waals surface area contributed by atoms with Gasteiger partial charge in [0.05, 0.1) is 13.2 Å². The van der Waals surface area contributed by atoms with Gasteiger partial charge in [0.2, 0.25) is 5.91 Å². The van der Waals surface area contributed by atoms with Gasteiger partial charge in [-0.15, -0.1) is 11.3 Å². The summed E-state index contributed by atoms with van der Waals surface area (Å²) in [5.41, 5.74) is 0. The number of hydrogen-bond donors (Lipinski definition) is 2. The lowest BCUT2D eigenvalue weighted by atomic mass is 10.1. The molecule has 1 unspecified atom stereocenters. The Morgan fingerprint density at radius 2 is 2.26 bits per heavy atom. The molecule has 2 rings (SSSR count). The van der Waals surface area contributed by atoms with Crippen molar-refractivity contribution in [1.82, 2.24) is 15.5 Å². The molecule has 1 saturated heterocycles. The van der Waals surface area contributed by atoms with Crippen LogP contribution in [0, 0.1) is 5.92 Å². The van der Waals surface area contributed by atoms with Gasteiger partial charge in [-0.25, -0.2) is 4.99 Å². The van der Waals surface area contributed by atoms with Crippen molar-refractivity contribution < 1.29 is 14.3 Å². The number of rotatable bonds is 11. The van der Waals surface area contributed by atoms with Crippen LogP contribution in [-0.4, -0.2) is 76.9 Å². The molecule has 7 nitrogen and oxygen atoms in total. The van der Waals surface area contributed by atoms with Gasteiger partial charge in [0.15, 0.2) is 5.96 Å². The zero-order valence-electron chi connectivity index (χ0n) is 16.4. The Bertz CT molecular complexity index is 557. The summed E-state index contributed by atoms with van der Waals surface area (Å²) >= 11 is 1.75. The Balaban J connectivity index is 1.66. The highest BCUT2D eigenvalue weighted by Gasteiger charge is 2.15. The number of nitrogens with zero attached hydrogens (tertiary/aromatic N) is 2. The van der Waals surface area contributed by atoms with Crippen LogP contribution < -0.4 is 10.6 Å². The molecule has 152 valence electrons. The van der Waals surface area contributed by atoms with Crippen molar-refractivity contribution in [2.45, 2.75) is 19.3 Å². The van der Waals surface area contributed by atoms with Gasteiger partial charge < -0.3 is 25.0 Å². The molecule has 1 aromatic rings. The predicted molar refractivity (Wildman–Crippen MR) is 109 cm³/mol. The van der Waals surface area contributed by atoms with Crippen molar-refractivity contribution in [1.29, 1.82) is 0 Å². The number of guanidine groups is 1. The third kappa shape index (κ3) is 9.21. The van der Waals surface area contributed by atoms with Gasteiger partial charge in [-0.05, 0) is 30.7 Å². The third-order valence-electron chi connectivity index (χ3n) is 4.25. The highest BCUT2D eigenvalue weighted by atomic mass is 32.1. The van der Waals surface area contributed by atoms with Crippen LogP contribution in [0.3, 0.4) is 0 Å². The van der Waals surface area contributed by atoms with Crippen molar-refractivity contribution in [3.63, 3.8) is 0 Å². The van der Waals surface area contributed by atoms with E-state index in [-0.39, 0.29) is 12.5 Å². The number of amides is 1. The Labute approximate surface area is 166 Å². The summed E-state index contributed by atoms with van der Waals surface area (Å²) in [6.07, 6.45) is 2.93. The molecule has 1 aliphatic rings. The van der Waals surface area contributed by atoms with Crippen LogP contribution in [0.4, 0.5) is 0 Å². The van der Waals surface area contributed by atoms with E-state index in [0.29, 0.717) is 18.5 Å². The molecule has 0 saturated carbocycles. The first-order valence-electron chi connectivity index (χ1n) is 9.55. The van der Waals surface area contributed by atoms with E-state index in [4.69, 9.17) is 9.47 Å². The van der Waals surface area contributed by atoms with Crippen molar-refractivity contribution in [3.8, 4) is 0 Å². The number of likely N-dealkylation sites (N-methyl/N-ethyl adjacent to an activating group) is 1. The van der Waals surface area contributed by atoms with Crippen molar-refractivity contribution in [2.24, 2.45) is 10.9 Å². The minimum absolute atomic E-state index is 0.0172. The number of thiophene rings is 1. The highest BCUT2D eigenvalue weighted by Crippen LogP contribution is 2.12. The summed E-state index contributed by atoms with van der Waals surface area (Å²) in [7, 11) is 3.48. The molecular formula is C19H32N4O3S. The Kier molecular flexibility index (Phi) is 10.2. The quantitative estimate of drug-likeness (QED) is 0.336. The summed E-state index contributed by atoms with van der Waals surface area (Å²) in [5.74, 6) is 1.20. The van der Waals surface area contributed by atoms with Gasteiger partial charge in [-0.3, -0.25) is 4.79 Å². The van der Waals surface area contributed by atoms with Gasteiger partial charge >= 0.3 is 0 Å². The molecule has 0 aromatic carbocycles. The lowest BCUT2D eigenvalue weighted by Crippen LogP contribution is -2.40. The number of ether oxygens (including phenoxy) is 2. The summed E-state index contributed by atoms with van der Waals surface area (Å²) < 4.78 is 11.1. The number of carbonyl (C=O) groups excluding carboxylic acids is 1. The molecule has 1 aliphatic heterocycles. The first kappa shape index (κ1) is 21.7. The predicted octanol–water partition coefficient (Wildman–Crippen LogP) is 1.36. The monoisotopic (exact) mass is 396 g/mol. The zero-order chi connectivity index (χ0) is 19.3. The molecule has 1 fully saturated rings. The summed E-state index contributed by atoms with van der Waals surface area (Å²) in [6, 6.07) is 4.18. The summed E-state index contributed by atoms with van der Waals surface area (Å²) in [4.78, 5) is 19.1. The van der Waals surface area contributed by atoms with Crippen LogP contribution in [0.1, 0.15) is 17.7 Å². The normalized spacial score (nSPS) is 17.1. The van der Waals surface area contributed by atoms with Crippen LogP contribution in [-0.2, 0) is 20.7 Å². The molecule has 0 spiro atoms. The summed E-state index contributed by atoms with van der Waals surface area (Å²) in [5, 5.41) is 8.67. The maximum absolute atomic E-state index is 11.8. The highest BCUT2D eigenvalue weighted by molar-refractivity contribution is 7.09. The second-order valence-corrected chi connectivity index (χ2v) is 7.83. The molecule has 0 bridgehead atoms. The van der Waals surface area contributed by atoms with E-state index >= 15 is 0 Å². The molecule has 0 radical (unpaired) electrons. The number of hydrogen-bond acceptors (Lipinski definition) is 5. The minimum atomic E-state index is -0.0172. The lowest BCUT2D eigenvalue weighted by Gasteiger charge is -2.14. The number of aliphatic imine (C=N–C) groups is 1. The average Bonchev–Trinajstić information content (AvgIpc) is 3.35. The largest absolute Gasteiger partial charge is 0.381 e. The van der Waals surface area contributed by atoms with Gasteiger partial charge in [0, 0.05) is 51.2 Å². The fourth-order valence-electron chi connectivity index (χ4n) is 2.57. The Morgan fingerprint density at radius 1 is 1.41 bits per heavy atom. The summed E-state index contributed by atoms with van der Waals surface area (Å²) in [6.45, 7) is 4.84. The second kappa shape index (κ2) is 12.7. The topological polar surface area (TPSA) is 75.2 Å². The molecule has 1 atom stereocenters. The van der Waals surface area contributed by atoms with E-state index in [1.807, 2.05) is 0 Å². The van der Waals surface area contributed by atoms with Gasteiger partial charge in [-0.2, -0.15) is 0 Å². The van der Waals surface area contributed by atoms with Crippen LogP contribution >= 0.6 is 11.3 Å². The van der Waals surface area contributed by atoms with Crippen LogP contribution in [0.5, 0.6) is 0 Å². The molecule has 1 aromatic heterocycles. The van der Waals surface area contributed by atoms with E-state index < -0.39 is 0 Å². The molecular weight excluding hydrogens is 364 g/mol. The lowest BCUT2D eigenvalue weighted by molar-refractivity contribution is -0.127. The zero-order valence-corrected chi connectivity index (χ0v) is 17.2.